The van der Waals surface area contributed by atoms with Crippen molar-refractivity contribution in [1.82, 2.24) is 9.66 Å². The second kappa shape index (κ2) is 3.85. The number of fused-ring (bicyclic) bond motifs is 1. The molecule has 1 saturated heterocycles. The van der Waals surface area contributed by atoms with Crippen LogP contribution in [-0.4, -0.2) is 28.9 Å². The molecule has 2 heterocycles. The van der Waals surface area contributed by atoms with Gasteiger partial charge in [0.05, 0.1) is 30.2 Å². The maximum absolute atomic E-state index is 12.2. The van der Waals surface area contributed by atoms with Crippen molar-refractivity contribution in [3.63, 3.8) is 0 Å². The number of aromatic nitrogens is 2. The minimum absolute atomic E-state index is 0.0613. The molecule has 3 rings (SSSR count). The van der Waals surface area contributed by atoms with Gasteiger partial charge in [0.1, 0.15) is 5.82 Å². The molecule has 0 amide bonds. The monoisotopic (exact) mass is 231 g/mol. The Balaban J connectivity index is 2.06. The van der Waals surface area contributed by atoms with Gasteiger partial charge in [-0.25, -0.2) is 9.66 Å². The Hall–Kier alpha value is -1.88. The third-order valence-corrected chi connectivity index (χ3v) is 2.82. The number of epoxide rings is 1. The number of hydrogen-bond donors (Lipinski definition) is 1. The summed E-state index contributed by atoms with van der Waals surface area (Å²) in [7, 11) is 0. The molecule has 0 saturated carbocycles. The molecule has 2 aromatic rings. The van der Waals surface area contributed by atoms with Gasteiger partial charge in [0, 0.05) is 0 Å². The number of aryl methyl sites for hydroxylation is 1. The fourth-order valence-electron chi connectivity index (χ4n) is 1.81. The molecule has 1 aromatic heterocycles. The van der Waals surface area contributed by atoms with E-state index in [1.165, 1.54) is 4.68 Å². The Morgan fingerprint density at radius 1 is 1.53 bits per heavy atom. The third-order valence-electron chi connectivity index (χ3n) is 2.82. The molecule has 5 heteroatoms. The summed E-state index contributed by atoms with van der Waals surface area (Å²) in [5.41, 5.74) is 3.72. The summed E-state index contributed by atoms with van der Waals surface area (Å²) < 4.78 is 6.59. The third kappa shape index (κ3) is 1.89. The molecule has 1 aliphatic rings. The molecular formula is C12H13N3O2. The first-order valence-electron chi connectivity index (χ1n) is 5.59. The van der Waals surface area contributed by atoms with Crippen molar-refractivity contribution in [3.8, 4) is 0 Å². The lowest BCUT2D eigenvalue weighted by Crippen LogP contribution is -2.33. The van der Waals surface area contributed by atoms with Crippen molar-refractivity contribution in [3.05, 3.63) is 40.4 Å². The van der Waals surface area contributed by atoms with Gasteiger partial charge in [-0.3, -0.25) is 4.79 Å². The predicted octanol–water partition coefficient (Wildman–Crippen LogP) is 0.647. The van der Waals surface area contributed by atoms with E-state index < -0.39 is 0 Å². The van der Waals surface area contributed by atoms with Gasteiger partial charge in [-0.1, -0.05) is 12.1 Å². The fourth-order valence-corrected chi connectivity index (χ4v) is 1.81. The molecule has 0 radical (unpaired) electrons. The molecule has 1 aromatic carbocycles. The second-order valence-corrected chi connectivity index (χ2v) is 4.13. The summed E-state index contributed by atoms with van der Waals surface area (Å²) in [6, 6.07) is 7.35. The largest absolute Gasteiger partial charge is 0.371 e. The van der Waals surface area contributed by atoms with Crippen molar-refractivity contribution >= 4 is 10.9 Å². The van der Waals surface area contributed by atoms with Gasteiger partial charge in [0.25, 0.3) is 5.56 Å². The first-order valence-corrected chi connectivity index (χ1v) is 5.59. The van der Waals surface area contributed by atoms with E-state index in [0.29, 0.717) is 17.8 Å². The van der Waals surface area contributed by atoms with E-state index in [1.54, 1.807) is 6.07 Å². The zero-order valence-corrected chi connectivity index (χ0v) is 9.51. The van der Waals surface area contributed by atoms with Crippen LogP contribution in [0.2, 0.25) is 0 Å². The highest BCUT2D eigenvalue weighted by molar-refractivity contribution is 5.77. The number of hydrogen-bond acceptors (Lipinski definition) is 4. The van der Waals surface area contributed by atoms with Crippen LogP contribution in [0.25, 0.3) is 10.9 Å². The molecule has 0 spiro atoms. The molecule has 1 N–H and O–H groups in total. The number of nitrogens with one attached hydrogen (secondary N) is 1. The maximum atomic E-state index is 12.2. The van der Waals surface area contributed by atoms with E-state index in [9.17, 15) is 4.79 Å². The Morgan fingerprint density at radius 3 is 3.06 bits per heavy atom. The van der Waals surface area contributed by atoms with E-state index >= 15 is 0 Å². The van der Waals surface area contributed by atoms with Crippen LogP contribution in [0, 0.1) is 6.92 Å². The molecule has 1 atom stereocenters. The van der Waals surface area contributed by atoms with Gasteiger partial charge < -0.3 is 10.2 Å². The highest BCUT2D eigenvalue weighted by atomic mass is 16.6. The first-order chi connectivity index (χ1) is 8.25. The van der Waals surface area contributed by atoms with E-state index in [2.05, 4.69) is 10.4 Å². The van der Waals surface area contributed by atoms with E-state index in [1.807, 2.05) is 25.1 Å². The van der Waals surface area contributed by atoms with Crippen molar-refractivity contribution in [2.45, 2.75) is 13.0 Å². The summed E-state index contributed by atoms with van der Waals surface area (Å²) in [5.74, 6) is 0.661. The summed E-state index contributed by atoms with van der Waals surface area (Å²) in [5, 5.41) is 0.627. The average molecular weight is 231 g/mol. The zero-order chi connectivity index (χ0) is 11.8. The normalized spacial score (nSPS) is 18.3. The molecular weight excluding hydrogens is 218 g/mol. The first kappa shape index (κ1) is 10.3. The molecule has 17 heavy (non-hydrogen) atoms. The molecule has 0 bridgehead atoms. The van der Waals surface area contributed by atoms with Crippen LogP contribution in [0.3, 0.4) is 0 Å². The van der Waals surface area contributed by atoms with Gasteiger partial charge in [-0.15, -0.1) is 0 Å². The van der Waals surface area contributed by atoms with Crippen LogP contribution in [0.4, 0.5) is 0 Å². The van der Waals surface area contributed by atoms with Crippen LogP contribution in [-0.2, 0) is 4.74 Å². The highest BCUT2D eigenvalue weighted by Gasteiger charge is 2.22. The molecule has 1 unspecified atom stereocenters. The smallest absolute Gasteiger partial charge is 0.279 e. The van der Waals surface area contributed by atoms with Crippen LogP contribution in [0.1, 0.15) is 5.82 Å². The molecule has 1 fully saturated rings. The topological polar surface area (TPSA) is 59.5 Å². The standard InChI is InChI=1S/C12H13N3O2/c1-8-14-11-5-3-2-4-10(11)12(16)15(8)13-6-9-7-17-9/h2-5,9,13H,6-7H2,1H3. The number of ether oxygens (including phenoxy) is 1. The van der Waals surface area contributed by atoms with Gasteiger partial charge in [0.2, 0.25) is 0 Å². The van der Waals surface area contributed by atoms with Gasteiger partial charge in [0.15, 0.2) is 0 Å². The number of nitrogens with zero attached hydrogens (tertiary/aromatic N) is 2. The second-order valence-electron chi connectivity index (χ2n) is 4.13. The lowest BCUT2D eigenvalue weighted by molar-refractivity contribution is 0.411. The fraction of sp³-hybridized carbons (Fsp3) is 0.333. The quantitative estimate of drug-likeness (QED) is 0.788. The predicted molar refractivity (Wildman–Crippen MR) is 64.7 cm³/mol. The van der Waals surface area contributed by atoms with E-state index in [-0.39, 0.29) is 11.7 Å². The minimum atomic E-state index is -0.0613. The van der Waals surface area contributed by atoms with Crippen molar-refractivity contribution in [1.29, 1.82) is 0 Å². The van der Waals surface area contributed by atoms with E-state index in [4.69, 9.17) is 4.74 Å². The number of benzene rings is 1. The highest BCUT2D eigenvalue weighted by Crippen LogP contribution is 2.08. The Bertz CT molecular complexity index is 617. The molecule has 1 aliphatic heterocycles. The van der Waals surface area contributed by atoms with Crippen molar-refractivity contribution in [2.75, 3.05) is 18.6 Å². The minimum Gasteiger partial charge on any atom is -0.371 e. The molecule has 0 aliphatic carbocycles. The van der Waals surface area contributed by atoms with Crippen LogP contribution in [0.5, 0.6) is 0 Å². The maximum Gasteiger partial charge on any atom is 0.279 e. The summed E-state index contributed by atoms with van der Waals surface area (Å²) in [6.45, 7) is 3.22. The van der Waals surface area contributed by atoms with Crippen molar-refractivity contribution in [2.24, 2.45) is 0 Å². The summed E-state index contributed by atoms with van der Waals surface area (Å²) in [6.07, 6.45) is 0.229. The number of rotatable bonds is 3. The van der Waals surface area contributed by atoms with Gasteiger partial charge >= 0.3 is 0 Å². The molecule has 88 valence electrons. The Kier molecular flexibility index (Phi) is 2.33. The summed E-state index contributed by atoms with van der Waals surface area (Å²) in [4.78, 5) is 16.6. The molecule has 5 nitrogen and oxygen atoms in total. The van der Waals surface area contributed by atoms with Crippen LogP contribution < -0.4 is 11.0 Å². The summed E-state index contributed by atoms with van der Waals surface area (Å²) >= 11 is 0. The van der Waals surface area contributed by atoms with E-state index in [0.717, 1.165) is 12.1 Å². The van der Waals surface area contributed by atoms with Gasteiger partial charge in [-0.05, 0) is 19.1 Å². The Morgan fingerprint density at radius 2 is 2.29 bits per heavy atom. The number of para-hydroxylation sites is 1. The van der Waals surface area contributed by atoms with Crippen LogP contribution >= 0.6 is 0 Å². The average Bonchev–Trinajstić information content (AvgIpc) is 3.13. The lowest BCUT2D eigenvalue weighted by atomic mass is 10.2. The zero-order valence-electron chi connectivity index (χ0n) is 9.51. The van der Waals surface area contributed by atoms with Crippen molar-refractivity contribution < 1.29 is 4.74 Å². The Labute approximate surface area is 98.0 Å². The lowest BCUT2D eigenvalue weighted by Gasteiger charge is -2.11. The SMILES string of the molecule is Cc1nc2ccccc2c(=O)n1NCC1CO1. The van der Waals surface area contributed by atoms with Gasteiger partial charge in [-0.2, -0.15) is 0 Å². The van der Waals surface area contributed by atoms with Crippen LogP contribution in [0.15, 0.2) is 29.1 Å².